The summed E-state index contributed by atoms with van der Waals surface area (Å²) in [6, 6.07) is 7.92. The maximum Gasteiger partial charge on any atom is 0.326 e. The number of nitrogens with zero attached hydrogens (tertiary/aromatic N) is 1. The average molecular weight is 634 g/mol. The molecule has 15 heteroatoms. The number of carbonyl (C=O) groups excluding carboxylic acids is 3. The van der Waals surface area contributed by atoms with Crippen molar-refractivity contribution in [2.75, 3.05) is 0 Å². The van der Waals surface area contributed by atoms with E-state index in [1.807, 2.05) is 18.2 Å². The van der Waals surface area contributed by atoms with Gasteiger partial charge in [0.25, 0.3) is 0 Å². The summed E-state index contributed by atoms with van der Waals surface area (Å²) in [6.07, 6.45) is 3.70. The Hall–Kier alpha value is -5.70. The van der Waals surface area contributed by atoms with Gasteiger partial charge in [-0.15, -0.1) is 0 Å². The van der Waals surface area contributed by atoms with Gasteiger partial charge in [0.15, 0.2) is 0 Å². The number of phenolic OH excluding ortho intramolecular Hbond substituents is 1. The first-order valence-corrected chi connectivity index (χ1v) is 14.4. The van der Waals surface area contributed by atoms with E-state index in [4.69, 9.17) is 5.73 Å². The number of H-pyrrole nitrogens is 2. The summed E-state index contributed by atoms with van der Waals surface area (Å²) in [4.78, 5) is 73.4. The molecule has 0 bridgehead atoms. The third kappa shape index (κ3) is 9.15. The standard InChI is InChI=1S/C31H35N7O8/c32-22(13-19-15-33-16-35-19)28(42)36-24(9-10-27(40)41)29(43)37-25(12-18-14-34-23-4-2-1-3-21(18)23)30(44)38-26(31(45)46)11-17-5-7-20(39)8-6-17/h1-8,14-16,22,24-26,34,39H,9-13,32H2,(H,33,35)(H,36,42)(H,37,43)(H,38,44)(H,40,41)(H,45,46). The molecule has 46 heavy (non-hydrogen) atoms. The molecule has 4 aromatic rings. The molecular weight excluding hydrogens is 598 g/mol. The summed E-state index contributed by atoms with van der Waals surface area (Å²) >= 11 is 0. The smallest absolute Gasteiger partial charge is 0.326 e. The molecule has 0 radical (unpaired) electrons. The second kappa shape index (κ2) is 15.3. The molecule has 2 aromatic carbocycles. The van der Waals surface area contributed by atoms with Gasteiger partial charge in [-0.1, -0.05) is 30.3 Å². The van der Waals surface area contributed by atoms with Crippen LogP contribution in [0.1, 0.15) is 29.7 Å². The van der Waals surface area contributed by atoms with Crippen molar-refractivity contribution >= 4 is 40.6 Å². The number of carboxylic acids is 2. The van der Waals surface area contributed by atoms with Crippen LogP contribution in [0.5, 0.6) is 5.75 Å². The molecule has 4 rings (SSSR count). The highest BCUT2D eigenvalue weighted by atomic mass is 16.4. The number of rotatable bonds is 16. The fraction of sp³-hybridized carbons (Fsp3) is 0.290. The van der Waals surface area contributed by atoms with Crippen LogP contribution in [0.15, 0.2) is 67.3 Å². The lowest BCUT2D eigenvalue weighted by Gasteiger charge is -2.25. The van der Waals surface area contributed by atoms with Crippen molar-refractivity contribution in [3.05, 3.63) is 84.1 Å². The maximum absolute atomic E-state index is 13.6. The fourth-order valence-electron chi connectivity index (χ4n) is 4.88. The Morgan fingerprint density at radius 1 is 0.804 bits per heavy atom. The van der Waals surface area contributed by atoms with Crippen LogP contribution in [0.2, 0.25) is 0 Å². The number of carbonyl (C=O) groups is 5. The normalized spacial score (nSPS) is 13.7. The predicted octanol–water partition coefficient (Wildman–Crippen LogP) is 0.356. The van der Waals surface area contributed by atoms with Crippen molar-refractivity contribution in [1.29, 1.82) is 0 Å². The molecule has 10 N–H and O–H groups in total. The Labute approximate surface area is 262 Å². The number of para-hydroxylation sites is 1. The summed E-state index contributed by atoms with van der Waals surface area (Å²) in [5, 5.41) is 37.0. The molecule has 4 unspecified atom stereocenters. The third-order valence-electron chi connectivity index (χ3n) is 7.33. The first kappa shape index (κ1) is 33.2. The summed E-state index contributed by atoms with van der Waals surface area (Å²) in [6.45, 7) is 0. The Morgan fingerprint density at radius 3 is 2.15 bits per heavy atom. The largest absolute Gasteiger partial charge is 0.508 e. The molecule has 0 saturated heterocycles. The lowest BCUT2D eigenvalue weighted by Crippen LogP contribution is -2.58. The molecule has 0 aliphatic carbocycles. The van der Waals surface area contributed by atoms with Gasteiger partial charge in [0.1, 0.15) is 23.9 Å². The van der Waals surface area contributed by atoms with Gasteiger partial charge in [0, 0.05) is 54.7 Å². The topological polar surface area (TPSA) is 253 Å². The Balaban J connectivity index is 1.55. The first-order chi connectivity index (χ1) is 22.0. The molecule has 0 fully saturated rings. The van der Waals surface area contributed by atoms with Crippen LogP contribution in [0.3, 0.4) is 0 Å². The minimum atomic E-state index is -1.39. The molecule has 4 atom stereocenters. The Bertz CT molecular complexity index is 1670. The van der Waals surface area contributed by atoms with Crippen LogP contribution >= 0.6 is 0 Å². The molecule has 0 saturated carbocycles. The number of aliphatic carboxylic acids is 2. The summed E-state index contributed by atoms with van der Waals surface area (Å²) in [5.41, 5.74) is 8.54. The molecule has 0 spiro atoms. The Kier molecular flexibility index (Phi) is 11.1. The van der Waals surface area contributed by atoms with Gasteiger partial charge in [-0.05, 0) is 35.7 Å². The number of hydrogen-bond acceptors (Lipinski definition) is 8. The number of aromatic amines is 2. The number of carboxylic acid groups (broad SMARTS) is 2. The van der Waals surface area contributed by atoms with E-state index in [9.17, 15) is 39.3 Å². The van der Waals surface area contributed by atoms with E-state index >= 15 is 0 Å². The number of imidazole rings is 1. The van der Waals surface area contributed by atoms with Crippen LogP contribution in [-0.2, 0) is 43.2 Å². The number of nitrogens with two attached hydrogens (primary N) is 1. The number of hydrogen-bond donors (Lipinski definition) is 9. The molecular formula is C31H35N7O8. The van der Waals surface area contributed by atoms with Crippen molar-refractivity contribution in [2.45, 2.75) is 56.3 Å². The lowest BCUT2D eigenvalue weighted by molar-refractivity contribution is -0.142. The van der Waals surface area contributed by atoms with Gasteiger partial charge in [-0.25, -0.2) is 9.78 Å². The third-order valence-corrected chi connectivity index (χ3v) is 7.33. The van der Waals surface area contributed by atoms with Gasteiger partial charge in [-0.2, -0.15) is 0 Å². The minimum Gasteiger partial charge on any atom is -0.508 e. The van der Waals surface area contributed by atoms with E-state index in [1.165, 1.54) is 36.8 Å². The molecule has 242 valence electrons. The SMILES string of the molecule is NC(Cc1cnc[nH]1)C(=O)NC(CCC(=O)O)C(=O)NC(Cc1c[nH]c2ccccc12)C(=O)NC(Cc1ccc(O)cc1)C(=O)O. The second-order valence-electron chi connectivity index (χ2n) is 10.8. The number of fused-ring (bicyclic) bond motifs is 1. The predicted molar refractivity (Wildman–Crippen MR) is 164 cm³/mol. The summed E-state index contributed by atoms with van der Waals surface area (Å²) in [7, 11) is 0. The van der Waals surface area contributed by atoms with Crippen molar-refractivity contribution in [1.82, 2.24) is 30.9 Å². The average Bonchev–Trinajstić information content (AvgIpc) is 3.69. The van der Waals surface area contributed by atoms with Crippen LogP contribution in [0, 0.1) is 0 Å². The fourth-order valence-corrected chi connectivity index (χ4v) is 4.88. The number of aromatic hydroxyl groups is 1. The number of nitrogens with one attached hydrogen (secondary N) is 5. The molecule has 3 amide bonds. The van der Waals surface area contributed by atoms with E-state index in [-0.39, 0.29) is 31.4 Å². The lowest BCUT2D eigenvalue weighted by atomic mass is 10.0. The van der Waals surface area contributed by atoms with E-state index in [0.717, 1.165) is 10.9 Å². The summed E-state index contributed by atoms with van der Waals surface area (Å²) < 4.78 is 0. The maximum atomic E-state index is 13.6. The van der Waals surface area contributed by atoms with Crippen molar-refractivity contribution in [3.63, 3.8) is 0 Å². The van der Waals surface area contributed by atoms with Crippen molar-refractivity contribution < 1.29 is 39.3 Å². The number of benzene rings is 2. The van der Waals surface area contributed by atoms with Crippen LogP contribution in [0.4, 0.5) is 0 Å². The zero-order chi connectivity index (χ0) is 33.2. The van der Waals surface area contributed by atoms with Gasteiger partial charge in [0.2, 0.25) is 17.7 Å². The number of amides is 3. The number of phenols is 1. The van der Waals surface area contributed by atoms with Gasteiger partial charge >= 0.3 is 11.9 Å². The van der Waals surface area contributed by atoms with Gasteiger partial charge < -0.3 is 47.0 Å². The van der Waals surface area contributed by atoms with E-state index in [1.54, 1.807) is 12.3 Å². The van der Waals surface area contributed by atoms with Gasteiger partial charge in [-0.3, -0.25) is 19.2 Å². The minimum absolute atomic E-state index is 0.00651. The zero-order valence-corrected chi connectivity index (χ0v) is 24.6. The van der Waals surface area contributed by atoms with Crippen LogP contribution in [0.25, 0.3) is 10.9 Å². The number of aromatic nitrogens is 3. The highest BCUT2D eigenvalue weighted by Crippen LogP contribution is 2.20. The molecule has 15 nitrogen and oxygen atoms in total. The van der Waals surface area contributed by atoms with E-state index in [0.29, 0.717) is 16.8 Å². The Morgan fingerprint density at radius 2 is 1.48 bits per heavy atom. The van der Waals surface area contributed by atoms with E-state index < -0.39 is 60.2 Å². The van der Waals surface area contributed by atoms with E-state index in [2.05, 4.69) is 30.9 Å². The molecule has 0 aliphatic rings. The van der Waals surface area contributed by atoms with Crippen molar-refractivity contribution in [2.24, 2.45) is 5.73 Å². The quantitative estimate of drug-likeness (QED) is 0.0818. The van der Waals surface area contributed by atoms with Crippen LogP contribution in [-0.4, -0.2) is 84.1 Å². The molecule has 2 aromatic heterocycles. The highest BCUT2D eigenvalue weighted by Gasteiger charge is 2.31. The monoisotopic (exact) mass is 633 g/mol. The van der Waals surface area contributed by atoms with Crippen LogP contribution < -0.4 is 21.7 Å². The highest BCUT2D eigenvalue weighted by molar-refractivity contribution is 5.95. The molecule has 2 heterocycles. The first-order valence-electron chi connectivity index (χ1n) is 14.4. The van der Waals surface area contributed by atoms with Gasteiger partial charge in [0.05, 0.1) is 12.4 Å². The molecule has 0 aliphatic heterocycles. The second-order valence-corrected chi connectivity index (χ2v) is 10.8. The summed E-state index contributed by atoms with van der Waals surface area (Å²) in [5.74, 6) is -4.93. The van der Waals surface area contributed by atoms with Crippen molar-refractivity contribution in [3.8, 4) is 5.75 Å². The zero-order valence-electron chi connectivity index (χ0n) is 24.6.